The molecule has 0 aliphatic carbocycles. The molecule has 0 aliphatic heterocycles. The number of nitrogens with one attached hydrogen (secondary N) is 1. The van der Waals surface area contributed by atoms with Crippen molar-refractivity contribution in [2.45, 2.75) is 11.3 Å². The molecule has 0 saturated heterocycles. The average molecular weight is 412 g/mol. The first-order valence-electron chi connectivity index (χ1n) is 8.59. The van der Waals surface area contributed by atoms with Crippen LogP contribution < -0.4 is 9.61 Å². The summed E-state index contributed by atoms with van der Waals surface area (Å²) in [7, 11) is -4.15. The summed E-state index contributed by atoms with van der Waals surface area (Å²) >= 11 is 0. The van der Waals surface area contributed by atoms with Gasteiger partial charge in [0, 0.05) is 5.56 Å². The normalized spacial score (nSPS) is 11.3. The summed E-state index contributed by atoms with van der Waals surface area (Å²) in [6.07, 6.45) is 1.45. The molecule has 0 atom stereocenters. The van der Waals surface area contributed by atoms with Crippen LogP contribution in [0.1, 0.15) is 11.1 Å². The van der Waals surface area contributed by atoms with Gasteiger partial charge in [0.25, 0.3) is 0 Å². The van der Waals surface area contributed by atoms with Gasteiger partial charge in [0.05, 0.1) is 12.6 Å². The van der Waals surface area contributed by atoms with Crippen molar-refractivity contribution >= 4 is 22.2 Å². The molecular formula is C21H17FN2O4S. The minimum atomic E-state index is -4.15. The highest BCUT2D eigenvalue weighted by Gasteiger charge is 2.18. The van der Waals surface area contributed by atoms with E-state index in [0.29, 0.717) is 5.56 Å². The zero-order chi connectivity index (χ0) is 20.7. The molecule has 0 aliphatic rings. The Bertz CT molecular complexity index is 1110. The molecule has 3 aromatic rings. The van der Waals surface area contributed by atoms with Gasteiger partial charge in [-0.3, -0.25) is 4.79 Å². The number of hydrogen-bond acceptors (Lipinski definition) is 5. The maximum atomic E-state index is 13.0. The van der Waals surface area contributed by atoms with Crippen LogP contribution in [0.25, 0.3) is 0 Å². The second kappa shape index (κ2) is 9.11. The monoisotopic (exact) mass is 412 g/mol. The van der Waals surface area contributed by atoms with Gasteiger partial charge in [-0.15, -0.1) is 0 Å². The number of rotatable bonds is 7. The topological polar surface area (TPSA) is 84.8 Å². The molecule has 148 valence electrons. The van der Waals surface area contributed by atoms with Crippen LogP contribution >= 0.6 is 0 Å². The third-order valence-corrected chi connectivity index (χ3v) is 5.07. The predicted octanol–water partition coefficient (Wildman–Crippen LogP) is 3.29. The molecule has 29 heavy (non-hydrogen) atoms. The van der Waals surface area contributed by atoms with Gasteiger partial charge in [0.15, 0.2) is 5.75 Å². The van der Waals surface area contributed by atoms with Gasteiger partial charge in [-0.1, -0.05) is 42.5 Å². The average Bonchev–Trinajstić information content (AvgIpc) is 2.70. The van der Waals surface area contributed by atoms with Gasteiger partial charge >= 0.3 is 10.1 Å². The first-order chi connectivity index (χ1) is 13.9. The van der Waals surface area contributed by atoms with E-state index in [2.05, 4.69) is 10.5 Å². The molecule has 0 aromatic heterocycles. The molecule has 6 nitrogen and oxygen atoms in total. The third kappa shape index (κ3) is 5.73. The van der Waals surface area contributed by atoms with Crippen molar-refractivity contribution in [2.24, 2.45) is 5.10 Å². The summed E-state index contributed by atoms with van der Waals surface area (Å²) in [6.45, 7) is 0. The molecule has 0 heterocycles. The zero-order valence-corrected chi connectivity index (χ0v) is 16.0. The Hall–Kier alpha value is -3.52. The summed E-state index contributed by atoms with van der Waals surface area (Å²) in [5.74, 6) is -0.842. The molecule has 3 aromatic carbocycles. The number of halogens is 1. The van der Waals surface area contributed by atoms with Crippen molar-refractivity contribution in [3.8, 4) is 5.75 Å². The predicted molar refractivity (Wildman–Crippen MR) is 107 cm³/mol. The summed E-state index contributed by atoms with van der Waals surface area (Å²) in [4.78, 5) is 11.8. The number of hydrazone groups is 1. The highest BCUT2D eigenvalue weighted by atomic mass is 32.2. The van der Waals surface area contributed by atoms with Crippen LogP contribution in [0.3, 0.4) is 0 Å². The molecular weight excluding hydrogens is 395 g/mol. The lowest BCUT2D eigenvalue weighted by atomic mass is 10.1. The highest BCUT2D eigenvalue weighted by molar-refractivity contribution is 7.87. The van der Waals surface area contributed by atoms with Gasteiger partial charge in [0.1, 0.15) is 10.7 Å². The first-order valence-corrected chi connectivity index (χ1v) is 10.00. The number of nitrogens with zero attached hydrogens (tertiary/aromatic N) is 1. The molecule has 0 unspecified atom stereocenters. The Morgan fingerprint density at radius 3 is 2.34 bits per heavy atom. The Balaban J connectivity index is 1.69. The van der Waals surface area contributed by atoms with Crippen LogP contribution in [-0.2, 0) is 21.3 Å². The van der Waals surface area contributed by atoms with E-state index < -0.39 is 15.9 Å². The quantitative estimate of drug-likeness (QED) is 0.367. The summed E-state index contributed by atoms with van der Waals surface area (Å²) < 4.78 is 43.0. The molecule has 0 spiro atoms. The van der Waals surface area contributed by atoms with Gasteiger partial charge in [-0.05, 0) is 42.0 Å². The van der Waals surface area contributed by atoms with Crippen molar-refractivity contribution < 1.29 is 21.8 Å². The van der Waals surface area contributed by atoms with E-state index in [0.717, 1.165) is 29.8 Å². The second-order valence-corrected chi connectivity index (χ2v) is 7.53. The van der Waals surface area contributed by atoms with Crippen LogP contribution in [0.15, 0.2) is 88.9 Å². The van der Waals surface area contributed by atoms with Crippen LogP contribution in [0, 0.1) is 5.82 Å². The molecule has 1 N–H and O–H groups in total. The number of carbonyl (C=O) groups is 1. The molecule has 3 rings (SSSR count). The van der Waals surface area contributed by atoms with E-state index in [-0.39, 0.29) is 23.0 Å². The number of para-hydroxylation sites is 1. The van der Waals surface area contributed by atoms with Crippen molar-refractivity contribution in [3.05, 3.63) is 95.8 Å². The van der Waals surface area contributed by atoms with E-state index >= 15 is 0 Å². The largest absolute Gasteiger partial charge is 0.378 e. The second-order valence-electron chi connectivity index (χ2n) is 5.98. The van der Waals surface area contributed by atoms with Crippen molar-refractivity contribution in [3.63, 3.8) is 0 Å². The minimum Gasteiger partial charge on any atom is -0.378 e. The molecule has 0 radical (unpaired) electrons. The summed E-state index contributed by atoms with van der Waals surface area (Å²) in [5.41, 5.74) is 3.58. The SMILES string of the molecule is O=C(Cc1ccccc1)NN=Cc1ccccc1OS(=O)(=O)c1ccc(F)cc1. The Morgan fingerprint density at radius 2 is 1.62 bits per heavy atom. The van der Waals surface area contributed by atoms with E-state index in [1.54, 1.807) is 18.2 Å². The number of amides is 1. The Labute approximate surface area is 167 Å². The molecule has 0 bridgehead atoms. The number of benzene rings is 3. The van der Waals surface area contributed by atoms with Gasteiger partial charge in [-0.2, -0.15) is 13.5 Å². The zero-order valence-electron chi connectivity index (χ0n) is 15.2. The fourth-order valence-electron chi connectivity index (χ4n) is 2.43. The molecule has 0 fully saturated rings. The lowest BCUT2D eigenvalue weighted by Crippen LogP contribution is -2.19. The van der Waals surface area contributed by atoms with Gasteiger partial charge < -0.3 is 4.18 Å². The van der Waals surface area contributed by atoms with E-state index in [1.807, 2.05) is 30.3 Å². The van der Waals surface area contributed by atoms with Crippen LogP contribution in [-0.4, -0.2) is 20.5 Å². The van der Waals surface area contributed by atoms with Crippen molar-refractivity contribution in [2.75, 3.05) is 0 Å². The van der Waals surface area contributed by atoms with E-state index in [4.69, 9.17) is 4.18 Å². The molecule has 1 amide bonds. The van der Waals surface area contributed by atoms with Crippen LogP contribution in [0.2, 0.25) is 0 Å². The van der Waals surface area contributed by atoms with Crippen LogP contribution in [0.4, 0.5) is 4.39 Å². The maximum Gasteiger partial charge on any atom is 0.339 e. The third-order valence-electron chi connectivity index (χ3n) is 3.82. The highest BCUT2D eigenvalue weighted by Crippen LogP contribution is 2.22. The fraction of sp³-hybridized carbons (Fsp3) is 0.0476. The smallest absolute Gasteiger partial charge is 0.339 e. The van der Waals surface area contributed by atoms with E-state index in [1.165, 1.54) is 12.3 Å². The maximum absolute atomic E-state index is 13.0. The molecule has 0 saturated carbocycles. The Morgan fingerprint density at radius 1 is 0.966 bits per heavy atom. The number of carbonyl (C=O) groups excluding carboxylic acids is 1. The summed E-state index contributed by atoms with van der Waals surface area (Å²) in [6, 6.07) is 19.8. The fourth-order valence-corrected chi connectivity index (χ4v) is 3.38. The van der Waals surface area contributed by atoms with Crippen molar-refractivity contribution in [1.29, 1.82) is 0 Å². The van der Waals surface area contributed by atoms with Crippen molar-refractivity contribution in [1.82, 2.24) is 5.43 Å². The van der Waals surface area contributed by atoms with Crippen LogP contribution in [0.5, 0.6) is 5.75 Å². The standard InChI is InChI=1S/C21H17FN2O4S/c22-18-10-12-19(13-11-18)29(26,27)28-20-9-5-4-8-17(20)15-23-24-21(25)14-16-6-2-1-3-7-16/h1-13,15H,14H2,(H,24,25). The Kier molecular flexibility index (Phi) is 6.36. The van der Waals surface area contributed by atoms with Gasteiger partial charge in [0.2, 0.25) is 5.91 Å². The molecule has 8 heteroatoms. The summed E-state index contributed by atoms with van der Waals surface area (Å²) in [5, 5.41) is 3.86. The van der Waals surface area contributed by atoms with E-state index in [9.17, 15) is 17.6 Å². The lowest BCUT2D eigenvalue weighted by molar-refractivity contribution is -0.120. The first kappa shape index (κ1) is 20.2. The minimum absolute atomic E-state index is 0.0258. The lowest BCUT2D eigenvalue weighted by Gasteiger charge is -2.09. The number of hydrogen-bond donors (Lipinski definition) is 1. The van der Waals surface area contributed by atoms with Gasteiger partial charge in [-0.25, -0.2) is 9.82 Å².